The number of rotatable bonds is 4. The fraction of sp³-hybridized carbons (Fsp3) is 0.304. The first-order chi connectivity index (χ1) is 15.4. The molecule has 1 saturated heterocycles. The average Bonchev–Trinajstić information content (AvgIpc) is 2.80. The fourth-order valence-corrected chi connectivity index (χ4v) is 3.78. The van der Waals surface area contributed by atoms with Crippen LogP contribution in [-0.2, 0) is 0 Å². The number of carbonyl (C=O) groups excluding carboxylic acids is 1. The highest BCUT2D eigenvalue weighted by Crippen LogP contribution is 2.15. The van der Waals surface area contributed by atoms with Crippen molar-refractivity contribution < 1.29 is 9.18 Å². The standard InChI is InChI=1S/C23H24FN5O3/c1-16(17-8-4-3-5-9-17)28-22(31)20(21(30)27-14-12-26(2)13-15-27)25-29(23(28)32)19-11-7-6-10-18(19)24/h3-11,16H,12-15H2,1-2H3/t16-/m1/s1. The zero-order valence-electron chi connectivity index (χ0n) is 17.9. The van der Waals surface area contributed by atoms with Crippen LogP contribution in [0, 0.1) is 5.82 Å². The molecule has 0 N–H and O–H groups in total. The van der Waals surface area contributed by atoms with Gasteiger partial charge in [-0.1, -0.05) is 42.5 Å². The van der Waals surface area contributed by atoms with E-state index in [1.54, 1.807) is 37.3 Å². The van der Waals surface area contributed by atoms with Crippen molar-refractivity contribution in [1.29, 1.82) is 0 Å². The maximum Gasteiger partial charge on any atom is 0.352 e. The summed E-state index contributed by atoms with van der Waals surface area (Å²) >= 11 is 0. The molecule has 1 atom stereocenters. The summed E-state index contributed by atoms with van der Waals surface area (Å²) < 4.78 is 16.3. The van der Waals surface area contributed by atoms with Gasteiger partial charge < -0.3 is 9.80 Å². The van der Waals surface area contributed by atoms with Crippen molar-refractivity contribution in [2.75, 3.05) is 33.2 Å². The minimum Gasteiger partial charge on any atom is -0.335 e. The maximum atomic E-state index is 14.6. The van der Waals surface area contributed by atoms with Crippen LogP contribution < -0.4 is 11.2 Å². The van der Waals surface area contributed by atoms with Crippen molar-refractivity contribution in [2.45, 2.75) is 13.0 Å². The Morgan fingerprint density at radius 2 is 1.59 bits per heavy atom. The normalized spacial score (nSPS) is 15.5. The van der Waals surface area contributed by atoms with E-state index in [1.807, 2.05) is 13.1 Å². The van der Waals surface area contributed by atoms with Crippen LogP contribution in [-0.4, -0.2) is 63.3 Å². The number of hydrogen-bond donors (Lipinski definition) is 0. The Balaban J connectivity index is 1.91. The molecule has 0 radical (unpaired) electrons. The third-order valence-corrected chi connectivity index (χ3v) is 5.75. The predicted molar refractivity (Wildman–Crippen MR) is 118 cm³/mol. The Bertz CT molecular complexity index is 1250. The Kier molecular flexibility index (Phi) is 6.00. The van der Waals surface area contributed by atoms with Crippen molar-refractivity contribution in [3.63, 3.8) is 0 Å². The number of halogens is 1. The second-order valence-corrected chi connectivity index (χ2v) is 7.85. The van der Waals surface area contributed by atoms with E-state index < -0.39 is 34.7 Å². The number of hydrogen-bond acceptors (Lipinski definition) is 5. The molecule has 4 rings (SSSR count). The minimum atomic E-state index is -0.814. The lowest BCUT2D eigenvalue weighted by molar-refractivity contribution is 0.0652. The molecule has 0 unspecified atom stereocenters. The third kappa shape index (κ3) is 3.99. The molecule has 166 valence electrons. The van der Waals surface area contributed by atoms with Crippen LogP contribution in [0.1, 0.15) is 29.0 Å². The van der Waals surface area contributed by atoms with Crippen LogP contribution in [0.25, 0.3) is 5.69 Å². The topological polar surface area (TPSA) is 80.4 Å². The van der Waals surface area contributed by atoms with E-state index in [4.69, 9.17) is 0 Å². The number of nitrogens with zero attached hydrogens (tertiary/aromatic N) is 5. The number of para-hydroxylation sites is 1. The summed E-state index contributed by atoms with van der Waals surface area (Å²) in [5, 5.41) is 4.06. The van der Waals surface area contributed by atoms with Crippen LogP contribution in [0.15, 0.2) is 64.2 Å². The van der Waals surface area contributed by atoms with E-state index in [0.717, 1.165) is 9.25 Å². The number of benzene rings is 2. The Labute approximate surface area is 184 Å². The van der Waals surface area contributed by atoms with E-state index in [2.05, 4.69) is 10.00 Å². The van der Waals surface area contributed by atoms with Gasteiger partial charge in [-0.25, -0.2) is 13.8 Å². The van der Waals surface area contributed by atoms with Crippen molar-refractivity contribution in [1.82, 2.24) is 24.1 Å². The zero-order chi connectivity index (χ0) is 22.8. The molecular weight excluding hydrogens is 413 g/mol. The van der Waals surface area contributed by atoms with Crippen molar-refractivity contribution in [3.8, 4) is 5.69 Å². The quantitative estimate of drug-likeness (QED) is 0.619. The minimum absolute atomic E-state index is 0.126. The van der Waals surface area contributed by atoms with E-state index in [0.29, 0.717) is 31.7 Å². The smallest absolute Gasteiger partial charge is 0.335 e. The molecule has 9 heteroatoms. The van der Waals surface area contributed by atoms with Crippen LogP contribution in [0.4, 0.5) is 4.39 Å². The van der Waals surface area contributed by atoms with Crippen LogP contribution in [0.2, 0.25) is 0 Å². The molecule has 1 aromatic heterocycles. The Hall–Kier alpha value is -3.59. The van der Waals surface area contributed by atoms with Crippen molar-refractivity contribution in [3.05, 3.63) is 92.5 Å². The molecule has 0 bridgehead atoms. The molecule has 3 aromatic rings. The largest absolute Gasteiger partial charge is 0.352 e. The molecular formula is C23H24FN5O3. The lowest BCUT2D eigenvalue weighted by Crippen LogP contribution is -2.51. The van der Waals surface area contributed by atoms with Crippen molar-refractivity contribution in [2.24, 2.45) is 0 Å². The molecule has 0 aliphatic carbocycles. The molecule has 1 fully saturated rings. The van der Waals surface area contributed by atoms with Gasteiger partial charge in [0.1, 0.15) is 11.5 Å². The number of likely N-dealkylation sites (N-methyl/N-ethyl adjacent to an activating group) is 1. The third-order valence-electron chi connectivity index (χ3n) is 5.75. The van der Waals surface area contributed by atoms with Gasteiger partial charge in [0, 0.05) is 26.2 Å². The second-order valence-electron chi connectivity index (χ2n) is 7.85. The van der Waals surface area contributed by atoms with Gasteiger partial charge in [0.15, 0.2) is 0 Å². The van der Waals surface area contributed by atoms with Gasteiger partial charge in [-0.05, 0) is 31.7 Å². The molecule has 32 heavy (non-hydrogen) atoms. The SMILES string of the molecule is C[C@H](c1ccccc1)n1c(=O)c(C(=O)N2CCN(C)CC2)nn(-c2ccccc2F)c1=O. The molecule has 2 heterocycles. The molecule has 1 aliphatic rings. The summed E-state index contributed by atoms with van der Waals surface area (Å²) in [6.45, 7) is 3.88. The van der Waals surface area contributed by atoms with Crippen LogP contribution in [0.3, 0.4) is 0 Å². The van der Waals surface area contributed by atoms with Crippen molar-refractivity contribution >= 4 is 5.91 Å². The molecule has 0 saturated carbocycles. The monoisotopic (exact) mass is 437 g/mol. The lowest BCUT2D eigenvalue weighted by Gasteiger charge is -2.32. The van der Waals surface area contributed by atoms with Gasteiger partial charge in [-0.2, -0.15) is 9.78 Å². The molecule has 1 amide bonds. The second kappa shape index (κ2) is 8.88. The number of carbonyl (C=O) groups is 1. The van der Waals surface area contributed by atoms with Gasteiger partial charge in [0.05, 0.1) is 6.04 Å². The van der Waals surface area contributed by atoms with Gasteiger partial charge in [-0.3, -0.25) is 9.59 Å². The van der Waals surface area contributed by atoms with Gasteiger partial charge in [0.25, 0.3) is 11.5 Å². The summed E-state index contributed by atoms with van der Waals surface area (Å²) in [7, 11) is 1.95. The van der Waals surface area contributed by atoms with Crippen LogP contribution >= 0.6 is 0 Å². The highest BCUT2D eigenvalue weighted by atomic mass is 19.1. The fourth-order valence-electron chi connectivity index (χ4n) is 3.78. The van der Waals surface area contributed by atoms with E-state index in [1.165, 1.54) is 23.1 Å². The summed E-state index contributed by atoms with van der Waals surface area (Å²) in [5.41, 5.74) is -1.43. The zero-order valence-corrected chi connectivity index (χ0v) is 17.9. The molecule has 0 spiro atoms. The number of amides is 1. The first-order valence-electron chi connectivity index (χ1n) is 10.4. The molecule has 8 nitrogen and oxygen atoms in total. The highest BCUT2D eigenvalue weighted by molar-refractivity contribution is 5.92. The maximum absolute atomic E-state index is 14.6. The summed E-state index contributed by atoms with van der Waals surface area (Å²) in [4.78, 5) is 43.5. The van der Waals surface area contributed by atoms with E-state index >= 15 is 0 Å². The van der Waals surface area contributed by atoms with Gasteiger partial charge in [0.2, 0.25) is 5.69 Å². The number of aromatic nitrogens is 3. The first kappa shape index (κ1) is 21.6. The van der Waals surface area contributed by atoms with Gasteiger partial charge >= 0.3 is 5.69 Å². The highest BCUT2D eigenvalue weighted by Gasteiger charge is 2.28. The Morgan fingerprint density at radius 3 is 2.25 bits per heavy atom. The molecule has 2 aromatic carbocycles. The van der Waals surface area contributed by atoms with Gasteiger partial charge in [-0.15, -0.1) is 0 Å². The summed E-state index contributed by atoms with van der Waals surface area (Å²) in [6, 6.07) is 13.9. The van der Waals surface area contributed by atoms with E-state index in [9.17, 15) is 18.8 Å². The summed E-state index contributed by atoms with van der Waals surface area (Å²) in [6.07, 6.45) is 0. The predicted octanol–water partition coefficient (Wildman–Crippen LogP) is 1.53. The molecule has 1 aliphatic heterocycles. The Morgan fingerprint density at radius 1 is 0.969 bits per heavy atom. The number of piperazine rings is 1. The summed E-state index contributed by atoms with van der Waals surface area (Å²) in [5.74, 6) is -1.25. The average molecular weight is 437 g/mol. The lowest BCUT2D eigenvalue weighted by atomic mass is 10.1. The first-order valence-corrected chi connectivity index (χ1v) is 10.4. The van der Waals surface area contributed by atoms with Crippen LogP contribution in [0.5, 0.6) is 0 Å². The van der Waals surface area contributed by atoms with E-state index in [-0.39, 0.29) is 5.69 Å².